The van der Waals surface area contributed by atoms with Crippen molar-refractivity contribution in [3.8, 4) is 5.75 Å². The molecule has 0 aliphatic rings. The van der Waals surface area contributed by atoms with Gasteiger partial charge in [0.05, 0.1) is 25.4 Å². The van der Waals surface area contributed by atoms with Crippen LogP contribution in [0.2, 0.25) is 0 Å². The van der Waals surface area contributed by atoms with Gasteiger partial charge in [0, 0.05) is 12.6 Å². The molecule has 6 nitrogen and oxygen atoms in total. The Labute approximate surface area is 182 Å². The number of benzene rings is 3. The first kappa shape index (κ1) is 22.1. The Morgan fingerprint density at radius 3 is 2.23 bits per heavy atom. The van der Waals surface area contributed by atoms with Crippen LogP contribution >= 0.6 is 0 Å². The van der Waals surface area contributed by atoms with E-state index in [2.05, 4.69) is 40.2 Å². The summed E-state index contributed by atoms with van der Waals surface area (Å²) in [6.07, 6.45) is 0. The van der Waals surface area contributed by atoms with Crippen LogP contribution in [0.3, 0.4) is 0 Å². The summed E-state index contributed by atoms with van der Waals surface area (Å²) >= 11 is 0. The van der Waals surface area contributed by atoms with Crippen LogP contribution < -0.4 is 20.7 Å². The minimum absolute atomic E-state index is 0.0982. The maximum absolute atomic E-state index is 12.7. The molecule has 0 heterocycles. The van der Waals surface area contributed by atoms with Gasteiger partial charge in [-0.1, -0.05) is 60.2 Å². The van der Waals surface area contributed by atoms with Crippen LogP contribution in [0.4, 0.5) is 11.4 Å². The largest absolute Gasteiger partial charge is 0.495 e. The van der Waals surface area contributed by atoms with Gasteiger partial charge in [-0.25, -0.2) is 0 Å². The number of amides is 2. The number of carbonyl (C=O) groups excluding carboxylic acids is 2. The van der Waals surface area contributed by atoms with Gasteiger partial charge in [0.1, 0.15) is 5.75 Å². The molecule has 0 saturated heterocycles. The minimum Gasteiger partial charge on any atom is -0.495 e. The van der Waals surface area contributed by atoms with Gasteiger partial charge in [-0.15, -0.1) is 0 Å². The van der Waals surface area contributed by atoms with E-state index in [1.165, 1.54) is 19.6 Å². The molecule has 0 aromatic heterocycles. The Morgan fingerprint density at radius 2 is 1.58 bits per heavy atom. The summed E-state index contributed by atoms with van der Waals surface area (Å²) in [5.41, 5.74) is 4.41. The van der Waals surface area contributed by atoms with Crippen molar-refractivity contribution >= 4 is 23.2 Å². The molecular formula is C25H27N3O3. The summed E-state index contributed by atoms with van der Waals surface area (Å²) in [5.74, 6) is 0.111. The predicted octanol–water partition coefficient (Wildman–Crippen LogP) is 4.28. The Kier molecular flexibility index (Phi) is 7.40. The van der Waals surface area contributed by atoms with E-state index >= 15 is 0 Å². The highest BCUT2D eigenvalue weighted by Gasteiger charge is 2.16. The molecule has 0 aliphatic carbocycles. The third-order valence-electron chi connectivity index (χ3n) is 4.80. The summed E-state index contributed by atoms with van der Waals surface area (Å²) in [4.78, 5) is 24.0. The first-order valence-electron chi connectivity index (χ1n) is 10.1. The molecule has 3 N–H and O–H groups in total. The molecule has 0 unspecified atom stereocenters. The Balaban J connectivity index is 1.74. The molecule has 0 aliphatic heterocycles. The number of hydrogen-bond acceptors (Lipinski definition) is 4. The molecule has 3 rings (SSSR count). The lowest BCUT2D eigenvalue weighted by Gasteiger charge is -2.20. The average Bonchev–Trinajstić information content (AvgIpc) is 2.75. The molecule has 0 saturated carbocycles. The number of ether oxygens (including phenoxy) is 1. The Bertz CT molecular complexity index is 1030. The molecule has 3 aromatic carbocycles. The Hall–Kier alpha value is -3.64. The quantitative estimate of drug-likeness (QED) is 0.511. The van der Waals surface area contributed by atoms with Crippen LogP contribution in [0.5, 0.6) is 5.75 Å². The van der Waals surface area contributed by atoms with Crippen LogP contribution in [0.15, 0.2) is 72.8 Å². The van der Waals surface area contributed by atoms with Gasteiger partial charge in [0.2, 0.25) is 11.8 Å². The zero-order valence-electron chi connectivity index (χ0n) is 17.9. The fourth-order valence-corrected chi connectivity index (χ4v) is 3.31. The molecule has 6 heteroatoms. The number of methoxy groups -OCH3 is 1. The number of anilines is 2. The maximum Gasteiger partial charge on any atom is 0.238 e. The van der Waals surface area contributed by atoms with E-state index in [0.717, 1.165) is 11.1 Å². The summed E-state index contributed by atoms with van der Waals surface area (Å²) in [5, 5.41) is 8.92. The van der Waals surface area contributed by atoms with E-state index in [1.807, 2.05) is 37.3 Å². The van der Waals surface area contributed by atoms with Crippen molar-refractivity contribution < 1.29 is 14.3 Å². The van der Waals surface area contributed by atoms with Crippen molar-refractivity contribution in [1.29, 1.82) is 0 Å². The Morgan fingerprint density at radius 1 is 0.903 bits per heavy atom. The van der Waals surface area contributed by atoms with Crippen LogP contribution in [0.25, 0.3) is 0 Å². The van der Waals surface area contributed by atoms with E-state index in [1.54, 1.807) is 18.2 Å². The van der Waals surface area contributed by atoms with Gasteiger partial charge in [-0.3, -0.25) is 14.9 Å². The van der Waals surface area contributed by atoms with Crippen molar-refractivity contribution in [2.24, 2.45) is 0 Å². The summed E-state index contributed by atoms with van der Waals surface area (Å²) in [7, 11) is 1.53. The topological polar surface area (TPSA) is 79.5 Å². The summed E-state index contributed by atoms with van der Waals surface area (Å²) in [6, 6.07) is 23.2. The zero-order valence-corrected chi connectivity index (χ0v) is 17.9. The van der Waals surface area contributed by atoms with E-state index in [0.29, 0.717) is 17.1 Å². The van der Waals surface area contributed by atoms with Gasteiger partial charge in [-0.05, 0) is 36.2 Å². The molecule has 0 radical (unpaired) electrons. The fourth-order valence-electron chi connectivity index (χ4n) is 3.31. The summed E-state index contributed by atoms with van der Waals surface area (Å²) < 4.78 is 5.33. The lowest BCUT2D eigenvalue weighted by Crippen LogP contribution is -2.32. The second kappa shape index (κ2) is 10.4. The minimum atomic E-state index is -0.216. The van der Waals surface area contributed by atoms with Gasteiger partial charge in [-0.2, -0.15) is 0 Å². The van der Waals surface area contributed by atoms with Crippen molar-refractivity contribution in [3.63, 3.8) is 0 Å². The second-order valence-corrected chi connectivity index (χ2v) is 7.28. The first-order valence-corrected chi connectivity index (χ1v) is 10.1. The third kappa shape index (κ3) is 6.17. The molecular weight excluding hydrogens is 390 g/mol. The maximum atomic E-state index is 12.7. The number of aryl methyl sites for hydroxylation is 1. The summed E-state index contributed by atoms with van der Waals surface area (Å²) in [6.45, 7) is 3.58. The first-order chi connectivity index (χ1) is 15.0. The van der Waals surface area contributed by atoms with E-state index in [9.17, 15) is 9.59 Å². The van der Waals surface area contributed by atoms with Crippen LogP contribution in [-0.4, -0.2) is 25.5 Å². The normalized spacial score (nSPS) is 11.5. The van der Waals surface area contributed by atoms with Crippen LogP contribution in [-0.2, 0) is 9.59 Å². The molecule has 2 amide bonds. The van der Waals surface area contributed by atoms with Gasteiger partial charge in [0.15, 0.2) is 0 Å². The highest BCUT2D eigenvalue weighted by Crippen LogP contribution is 2.28. The van der Waals surface area contributed by atoms with E-state index in [4.69, 9.17) is 4.74 Å². The van der Waals surface area contributed by atoms with E-state index in [-0.39, 0.29) is 24.4 Å². The average molecular weight is 418 g/mol. The van der Waals surface area contributed by atoms with E-state index < -0.39 is 0 Å². The predicted molar refractivity (Wildman–Crippen MR) is 123 cm³/mol. The van der Waals surface area contributed by atoms with Crippen LogP contribution in [0.1, 0.15) is 29.7 Å². The SMILES string of the molecule is COc1ccc(NC(C)=O)cc1NC(=O)CN[C@H](c1ccccc1)c1ccc(C)cc1. The molecule has 31 heavy (non-hydrogen) atoms. The molecule has 1 atom stereocenters. The lowest BCUT2D eigenvalue weighted by atomic mass is 9.98. The van der Waals surface area contributed by atoms with Crippen molar-refractivity contribution in [3.05, 3.63) is 89.5 Å². The highest BCUT2D eigenvalue weighted by atomic mass is 16.5. The van der Waals surface area contributed by atoms with Gasteiger partial charge >= 0.3 is 0 Å². The zero-order chi connectivity index (χ0) is 22.2. The molecule has 0 bridgehead atoms. The number of rotatable bonds is 8. The number of hydrogen-bond donors (Lipinski definition) is 3. The number of nitrogens with one attached hydrogen (secondary N) is 3. The smallest absolute Gasteiger partial charge is 0.238 e. The standard InChI is InChI=1S/C25H27N3O3/c1-17-9-11-20(12-10-17)25(19-7-5-4-6-8-19)26-16-24(30)28-22-15-21(27-18(2)29)13-14-23(22)31-3/h4-15,25-26H,16H2,1-3H3,(H,27,29)(H,28,30)/t25-/m1/s1. The highest BCUT2D eigenvalue weighted by molar-refractivity contribution is 5.95. The van der Waals surface area contributed by atoms with Gasteiger partial charge in [0.25, 0.3) is 0 Å². The molecule has 3 aromatic rings. The van der Waals surface area contributed by atoms with Crippen LogP contribution in [0, 0.1) is 6.92 Å². The molecule has 0 fully saturated rings. The molecule has 160 valence electrons. The molecule has 0 spiro atoms. The third-order valence-corrected chi connectivity index (χ3v) is 4.80. The van der Waals surface area contributed by atoms with Gasteiger partial charge < -0.3 is 15.4 Å². The van der Waals surface area contributed by atoms with Crippen molar-refractivity contribution in [2.75, 3.05) is 24.3 Å². The van der Waals surface area contributed by atoms with Crippen molar-refractivity contribution in [2.45, 2.75) is 19.9 Å². The fraction of sp³-hybridized carbons (Fsp3) is 0.200. The van der Waals surface area contributed by atoms with Crippen molar-refractivity contribution in [1.82, 2.24) is 5.32 Å². The lowest BCUT2D eigenvalue weighted by molar-refractivity contribution is -0.115. The monoisotopic (exact) mass is 417 g/mol. The number of carbonyl (C=O) groups is 2. The second-order valence-electron chi connectivity index (χ2n) is 7.28.